The Morgan fingerprint density at radius 3 is 2.47 bits per heavy atom. The van der Waals surface area contributed by atoms with Gasteiger partial charge in [-0.3, -0.25) is 19.2 Å². The average Bonchev–Trinajstić information content (AvgIpc) is 3.70. The number of thiophene rings is 1. The van der Waals surface area contributed by atoms with Crippen LogP contribution in [0.2, 0.25) is 4.34 Å². The van der Waals surface area contributed by atoms with E-state index < -0.39 is 6.04 Å². The van der Waals surface area contributed by atoms with Crippen molar-refractivity contribution in [3.63, 3.8) is 0 Å². The molecule has 1 N–H and O–H groups in total. The van der Waals surface area contributed by atoms with Crippen molar-refractivity contribution in [2.75, 3.05) is 37.6 Å². The molecule has 1 aromatic heterocycles. The van der Waals surface area contributed by atoms with Gasteiger partial charge in [-0.1, -0.05) is 18.5 Å². The summed E-state index contributed by atoms with van der Waals surface area (Å²) >= 11 is 7.18. The van der Waals surface area contributed by atoms with Crippen LogP contribution in [0.15, 0.2) is 36.4 Å². The molecular weight excluding hydrogens is 524 g/mol. The number of carbonyl (C=O) groups is 4. The van der Waals surface area contributed by atoms with Gasteiger partial charge < -0.3 is 20.0 Å². The van der Waals surface area contributed by atoms with Gasteiger partial charge in [0.2, 0.25) is 5.91 Å². The van der Waals surface area contributed by atoms with Gasteiger partial charge in [-0.15, -0.1) is 11.3 Å². The van der Waals surface area contributed by atoms with Gasteiger partial charge in [-0.25, -0.2) is 0 Å². The number of anilines is 1. The highest BCUT2D eigenvalue weighted by atomic mass is 35.5. The van der Waals surface area contributed by atoms with Gasteiger partial charge in [-0.2, -0.15) is 0 Å². The van der Waals surface area contributed by atoms with Crippen molar-refractivity contribution in [1.29, 1.82) is 0 Å². The number of amides is 3. The summed E-state index contributed by atoms with van der Waals surface area (Å²) in [4.78, 5) is 57.5. The summed E-state index contributed by atoms with van der Waals surface area (Å²) in [5, 5.41) is 2.96. The molecule has 3 aliphatic rings. The second-order valence-electron chi connectivity index (χ2n) is 10.5. The number of hydrogen-bond acceptors (Lipinski definition) is 6. The van der Waals surface area contributed by atoms with Crippen LogP contribution in [0.3, 0.4) is 0 Å². The minimum atomic E-state index is -0.572. The molecule has 1 aromatic carbocycles. The lowest BCUT2D eigenvalue weighted by Gasteiger charge is -2.25. The number of rotatable bonds is 8. The van der Waals surface area contributed by atoms with Crippen molar-refractivity contribution in [3.8, 4) is 0 Å². The highest BCUT2D eigenvalue weighted by molar-refractivity contribution is 7.18. The zero-order chi connectivity index (χ0) is 26.8. The third-order valence-electron chi connectivity index (χ3n) is 7.83. The molecule has 3 fully saturated rings. The molecule has 3 aliphatic heterocycles. The number of nitrogens with one attached hydrogen (secondary N) is 1. The number of fused-ring (bicyclic) bond motifs is 1. The van der Waals surface area contributed by atoms with E-state index in [1.165, 1.54) is 24.2 Å². The number of ketones is 1. The molecule has 3 atom stereocenters. The zero-order valence-electron chi connectivity index (χ0n) is 21.5. The predicted octanol–water partition coefficient (Wildman–Crippen LogP) is 3.84. The van der Waals surface area contributed by atoms with E-state index in [-0.39, 0.29) is 42.0 Å². The van der Waals surface area contributed by atoms with E-state index in [2.05, 4.69) is 10.2 Å². The van der Waals surface area contributed by atoms with E-state index in [9.17, 15) is 19.2 Å². The van der Waals surface area contributed by atoms with E-state index in [0.717, 1.165) is 18.8 Å². The summed E-state index contributed by atoms with van der Waals surface area (Å²) in [5.74, 6) is -0.441. The molecule has 2 aromatic rings. The van der Waals surface area contributed by atoms with Gasteiger partial charge in [0.25, 0.3) is 11.8 Å². The molecular formula is C28H33ClN4O4S. The lowest BCUT2D eigenvalue weighted by atomic mass is 10.0. The maximum Gasteiger partial charge on any atom is 0.264 e. The summed E-state index contributed by atoms with van der Waals surface area (Å²) in [6.07, 6.45) is 3.96. The lowest BCUT2D eigenvalue weighted by Crippen LogP contribution is -2.44. The minimum Gasteiger partial charge on any atom is -0.372 e. The molecule has 5 rings (SSSR count). The molecule has 38 heavy (non-hydrogen) atoms. The van der Waals surface area contributed by atoms with Crippen LogP contribution in [0.25, 0.3) is 0 Å². The van der Waals surface area contributed by atoms with Crippen LogP contribution in [0.4, 0.5) is 5.69 Å². The van der Waals surface area contributed by atoms with Crippen LogP contribution in [-0.4, -0.2) is 78.1 Å². The van der Waals surface area contributed by atoms with E-state index in [0.29, 0.717) is 47.1 Å². The van der Waals surface area contributed by atoms with Crippen LogP contribution < -0.4 is 10.2 Å². The number of hydrogen-bond donors (Lipinski definition) is 1. The van der Waals surface area contributed by atoms with Gasteiger partial charge in [0.1, 0.15) is 6.04 Å². The molecule has 202 valence electrons. The number of benzene rings is 1. The van der Waals surface area contributed by atoms with E-state index >= 15 is 0 Å². The zero-order valence-corrected chi connectivity index (χ0v) is 23.1. The Morgan fingerprint density at radius 2 is 1.79 bits per heavy atom. The predicted molar refractivity (Wildman–Crippen MR) is 148 cm³/mol. The third kappa shape index (κ3) is 5.59. The molecule has 8 nitrogen and oxygen atoms in total. The Labute approximate surface area is 231 Å². The fourth-order valence-electron chi connectivity index (χ4n) is 5.79. The molecule has 0 bridgehead atoms. The van der Waals surface area contributed by atoms with E-state index in [1.807, 2.05) is 31.2 Å². The van der Waals surface area contributed by atoms with Gasteiger partial charge in [0.05, 0.1) is 21.8 Å². The number of nitrogens with zero attached hydrogens (tertiary/aromatic N) is 3. The number of likely N-dealkylation sites (tertiary alicyclic amines) is 2. The smallest absolute Gasteiger partial charge is 0.264 e. The fraction of sp³-hybridized carbons (Fsp3) is 0.500. The van der Waals surface area contributed by atoms with Gasteiger partial charge in [0.15, 0.2) is 5.78 Å². The van der Waals surface area contributed by atoms with Crippen LogP contribution in [0, 0.1) is 5.92 Å². The number of Topliss-reactive ketones (excluding diaryl/α,β-unsaturated/α-hetero) is 1. The topological polar surface area (TPSA) is 90.0 Å². The molecule has 0 radical (unpaired) electrons. The van der Waals surface area contributed by atoms with Gasteiger partial charge >= 0.3 is 0 Å². The fourth-order valence-corrected chi connectivity index (χ4v) is 6.79. The van der Waals surface area contributed by atoms with Crippen molar-refractivity contribution in [1.82, 2.24) is 15.1 Å². The standard InChI is InChI=1S/C28H33ClN4O4S/c1-18(10-12-30-27(36)19-4-6-20(7-5-19)31-13-2-3-14-31)16-25(35)32-15-11-21-26(32)22(34)17-33(21)28(37)23-8-9-24(29)38-23/h4-9,18,21,26H,2-3,10-17H2,1H3,(H,30,36). The molecule has 0 aliphatic carbocycles. The van der Waals surface area contributed by atoms with Crippen molar-refractivity contribution >= 4 is 52.1 Å². The summed E-state index contributed by atoms with van der Waals surface area (Å²) in [6, 6.07) is 10.2. The Hall–Kier alpha value is -2.91. The van der Waals surface area contributed by atoms with Crippen molar-refractivity contribution in [2.24, 2.45) is 5.92 Å². The van der Waals surface area contributed by atoms with E-state index in [1.54, 1.807) is 21.9 Å². The lowest BCUT2D eigenvalue weighted by molar-refractivity contribution is -0.137. The largest absolute Gasteiger partial charge is 0.372 e. The maximum absolute atomic E-state index is 13.1. The number of carbonyl (C=O) groups excluding carboxylic acids is 4. The van der Waals surface area contributed by atoms with Crippen molar-refractivity contribution in [3.05, 3.63) is 51.2 Å². The molecule has 3 unspecified atom stereocenters. The van der Waals surface area contributed by atoms with Gasteiger partial charge in [0, 0.05) is 43.9 Å². The first kappa shape index (κ1) is 26.7. The first-order valence-electron chi connectivity index (χ1n) is 13.3. The third-order valence-corrected chi connectivity index (χ3v) is 9.05. The van der Waals surface area contributed by atoms with Crippen LogP contribution in [-0.2, 0) is 9.59 Å². The average molecular weight is 557 g/mol. The SMILES string of the molecule is CC(CCNC(=O)c1ccc(N2CCCC2)cc1)CC(=O)N1CCC2C1C(=O)CN2C(=O)c1ccc(Cl)s1. The second-order valence-corrected chi connectivity index (χ2v) is 12.2. The quantitative estimate of drug-likeness (QED) is 0.533. The summed E-state index contributed by atoms with van der Waals surface area (Å²) < 4.78 is 0.527. The molecule has 10 heteroatoms. The maximum atomic E-state index is 13.1. The summed E-state index contributed by atoms with van der Waals surface area (Å²) in [6.45, 7) is 5.07. The highest BCUT2D eigenvalue weighted by Gasteiger charge is 2.51. The van der Waals surface area contributed by atoms with Gasteiger partial charge in [-0.05, 0) is 68.0 Å². The summed E-state index contributed by atoms with van der Waals surface area (Å²) in [5.41, 5.74) is 1.78. The van der Waals surface area contributed by atoms with Crippen LogP contribution in [0.5, 0.6) is 0 Å². The van der Waals surface area contributed by atoms with E-state index in [4.69, 9.17) is 11.6 Å². The van der Waals surface area contributed by atoms with Crippen LogP contribution in [0.1, 0.15) is 59.1 Å². The van der Waals surface area contributed by atoms with Crippen molar-refractivity contribution in [2.45, 2.75) is 51.1 Å². The molecule has 3 amide bonds. The monoisotopic (exact) mass is 556 g/mol. The Morgan fingerprint density at radius 1 is 1.05 bits per heavy atom. The first-order chi connectivity index (χ1) is 18.3. The Balaban J connectivity index is 1.08. The first-order valence-corrected chi connectivity index (χ1v) is 14.5. The molecule has 3 saturated heterocycles. The Kier molecular flexibility index (Phi) is 8.04. The van der Waals surface area contributed by atoms with Crippen LogP contribution >= 0.6 is 22.9 Å². The Bertz CT molecular complexity index is 1210. The summed E-state index contributed by atoms with van der Waals surface area (Å²) in [7, 11) is 0. The normalized spacial score (nSPS) is 21.6. The minimum absolute atomic E-state index is 0.0219. The molecule has 4 heterocycles. The highest BCUT2D eigenvalue weighted by Crippen LogP contribution is 2.33. The second kappa shape index (κ2) is 11.5. The number of halogens is 1. The molecule has 0 saturated carbocycles. The van der Waals surface area contributed by atoms with Crippen molar-refractivity contribution < 1.29 is 19.2 Å². The molecule has 0 spiro atoms.